The number of hydrogen-bond donors (Lipinski definition) is 1. The van der Waals surface area contributed by atoms with Gasteiger partial charge in [-0.15, -0.1) is 0 Å². The first-order valence-corrected chi connectivity index (χ1v) is 8.28. The van der Waals surface area contributed by atoms with Crippen LogP contribution in [-0.4, -0.2) is 35.4 Å². The molecular weight excluding hydrogens is 318 g/mol. The maximum Gasteiger partial charge on any atom is 0.256 e. The zero-order valence-electron chi connectivity index (χ0n) is 14.1. The van der Waals surface area contributed by atoms with Crippen LogP contribution in [0.1, 0.15) is 22.6 Å². The monoisotopic (exact) mass is 337 g/mol. The van der Waals surface area contributed by atoms with Gasteiger partial charge in [-0.1, -0.05) is 48.0 Å². The highest BCUT2D eigenvalue weighted by atomic mass is 16.6. The van der Waals surface area contributed by atoms with E-state index in [0.29, 0.717) is 17.8 Å². The van der Waals surface area contributed by atoms with Crippen LogP contribution >= 0.6 is 0 Å². The quantitative estimate of drug-likeness (QED) is 0.675. The van der Waals surface area contributed by atoms with Crippen molar-refractivity contribution in [3.63, 3.8) is 0 Å². The van der Waals surface area contributed by atoms with Gasteiger partial charge in [-0.3, -0.25) is 19.8 Å². The zero-order valence-corrected chi connectivity index (χ0v) is 14.1. The molecule has 2 aromatic carbocycles. The third-order valence-electron chi connectivity index (χ3n) is 5.55. The van der Waals surface area contributed by atoms with E-state index in [0.717, 1.165) is 11.1 Å². The third-order valence-corrected chi connectivity index (χ3v) is 5.55. The molecule has 1 fully saturated rings. The molecule has 2 heterocycles. The normalized spacial score (nSPS) is 28.2. The molecule has 1 saturated heterocycles. The molecular formula is C19H19N3O3. The van der Waals surface area contributed by atoms with Crippen LogP contribution in [0, 0.1) is 17.0 Å². The molecule has 0 bridgehead atoms. The van der Waals surface area contributed by atoms with Gasteiger partial charge in [0.2, 0.25) is 0 Å². The lowest BCUT2D eigenvalue weighted by atomic mass is 9.79. The molecule has 25 heavy (non-hydrogen) atoms. The summed E-state index contributed by atoms with van der Waals surface area (Å²) in [5, 5.41) is 15.0. The summed E-state index contributed by atoms with van der Waals surface area (Å²) in [5.74, 6) is -0.662. The Balaban J connectivity index is 1.90. The minimum atomic E-state index is -1.27. The molecule has 2 aromatic rings. The first kappa shape index (κ1) is 15.8. The summed E-state index contributed by atoms with van der Waals surface area (Å²) in [4.78, 5) is 26.6. The van der Waals surface area contributed by atoms with Crippen LogP contribution in [0.5, 0.6) is 0 Å². The second-order valence-electron chi connectivity index (χ2n) is 6.89. The first-order chi connectivity index (χ1) is 12.0. The fourth-order valence-electron chi connectivity index (χ4n) is 4.39. The van der Waals surface area contributed by atoms with Crippen LogP contribution in [-0.2, 0) is 10.3 Å². The van der Waals surface area contributed by atoms with Crippen LogP contribution in [0.2, 0.25) is 0 Å². The molecule has 0 aromatic heterocycles. The summed E-state index contributed by atoms with van der Waals surface area (Å²) < 4.78 is 0. The van der Waals surface area contributed by atoms with Gasteiger partial charge in [-0.2, -0.15) is 0 Å². The number of likely N-dealkylation sites (tertiary alicyclic amines) is 1. The Morgan fingerprint density at radius 2 is 1.88 bits per heavy atom. The van der Waals surface area contributed by atoms with E-state index in [9.17, 15) is 14.9 Å². The van der Waals surface area contributed by atoms with Gasteiger partial charge in [0.25, 0.3) is 11.9 Å². The van der Waals surface area contributed by atoms with E-state index in [-0.39, 0.29) is 16.7 Å². The number of benzene rings is 2. The summed E-state index contributed by atoms with van der Waals surface area (Å²) >= 11 is 0. The van der Waals surface area contributed by atoms with Crippen LogP contribution in [0.4, 0.5) is 5.69 Å². The molecule has 128 valence electrons. The number of fused-ring (bicyclic) bond motifs is 2. The molecule has 2 aliphatic rings. The number of anilines is 1. The van der Waals surface area contributed by atoms with Crippen molar-refractivity contribution in [1.29, 1.82) is 0 Å². The Morgan fingerprint density at radius 3 is 2.56 bits per heavy atom. The van der Waals surface area contributed by atoms with Gasteiger partial charge in [0.05, 0.1) is 5.92 Å². The lowest BCUT2D eigenvalue weighted by molar-refractivity contribution is -0.534. The molecule has 2 aliphatic heterocycles. The minimum Gasteiger partial charge on any atom is -0.324 e. The van der Waals surface area contributed by atoms with Crippen molar-refractivity contribution in [1.82, 2.24) is 4.90 Å². The van der Waals surface area contributed by atoms with Gasteiger partial charge in [0.1, 0.15) is 0 Å². The van der Waals surface area contributed by atoms with Crippen molar-refractivity contribution < 1.29 is 9.72 Å². The van der Waals surface area contributed by atoms with E-state index < -0.39 is 11.6 Å². The van der Waals surface area contributed by atoms with E-state index in [1.807, 2.05) is 54.3 Å². The number of para-hydroxylation sites is 1. The van der Waals surface area contributed by atoms with Crippen LogP contribution in [0.15, 0.2) is 48.5 Å². The van der Waals surface area contributed by atoms with E-state index in [1.54, 1.807) is 13.1 Å². The number of nitro groups is 1. The SMILES string of the molecule is Cc1ccc([C@H]2CN(C)[C@]3(C(=O)Nc4ccccc43)[C@@H]2[N+](=O)[O-])cc1. The molecule has 3 atom stereocenters. The summed E-state index contributed by atoms with van der Waals surface area (Å²) in [7, 11) is 1.80. The Labute approximate surface area is 145 Å². The molecule has 0 unspecified atom stereocenters. The van der Waals surface area contributed by atoms with E-state index in [1.165, 1.54) is 0 Å². The molecule has 0 radical (unpaired) electrons. The summed E-state index contributed by atoms with van der Waals surface area (Å²) in [6.07, 6.45) is 0. The van der Waals surface area contributed by atoms with Crippen molar-refractivity contribution in [2.24, 2.45) is 0 Å². The first-order valence-electron chi connectivity index (χ1n) is 8.28. The largest absolute Gasteiger partial charge is 0.324 e. The predicted molar refractivity (Wildman–Crippen MR) is 94.1 cm³/mol. The minimum absolute atomic E-state index is 0.282. The van der Waals surface area contributed by atoms with Gasteiger partial charge >= 0.3 is 0 Å². The van der Waals surface area contributed by atoms with Crippen LogP contribution in [0.3, 0.4) is 0 Å². The number of carbonyl (C=O) groups is 1. The second-order valence-corrected chi connectivity index (χ2v) is 6.89. The molecule has 6 nitrogen and oxygen atoms in total. The zero-order chi connectivity index (χ0) is 17.8. The van der Waals surface area contributed by atoms with Gasteiger partial charge in [0, 0.05) is 22.7 Å². The lowest BCUT2D eigenvalue weighted by Gasteiger charge is -2.30. The number of hydrogen-bond acceptors (Lipinski definition) is 4. The molecule has 6 heteroatoms. The predicted octanol–water partition coefficient (Wildman–Crippen LogP) is 2.52. The number of amides is 1. The Morgan fingerprint density at radius 1 is 1.20 bits per heavy atom. The van der Waals surface area contributed by atoms with E-state index >= 15 is 0 Å². The van der Waals surface area contributed by atoms with Crippen molar-refractivity contribution in [3.8, 4) is 0 Å². The van der Waals surface area contributed by atoms with Crippen LogP contribution in [0.25, 0.3) is 0 Å². The molecule has 1 amide bonds. The molecule has 0 aliphatic carbocycles. The lowest BCUT2D eigenvalue weighted by Crippen LogP contribution is -2.54. The Kier molecular flexibility index (Phi) is 3.40. The number of nitrogens with zero attached hydrogens (tertiary/aromatic N) is 2. The molecule has 0 saturated carbocycles. The van der Waals surface area contributed by atoms with Crippen molar-refractivity contribution in [2.75, 3.05) is 18.9 Å². The number of nitrogens with one attached hydrogen (secondary N) is 1. The van der Waals surface area contributed by atoms with Gasteiger partial charge in [-0.25, -0.2) is 0 Å². The summed E-state index contributed by atoms with van der Waals surface area (Å²) in [6, 6.07) is 14.0. The number of rotatable bonds is 2. The Bertz CT molecular complexity index is 864. The van der Waals surface area contributed by atoms with Gasteiger partial charge < -0.3 is 5.32 Å². The maximum atomic E-state index is 13.0. The summed E-state index contributed by atoms with van der Waals surface area (Å²) in [5.41, 5.74) is 2.09. The standard InChI is InChI=1S/C19H19N3O3/c1-12-7-9-13(10-8-12)14-11-21(2)19(17(14)22(24)25)15-5-3-4-6-16(15)20-18(19)23/h3-10,14,17H,11H2,1-2H3,(H,20,23)/t14-,17-,19+/m1/s1. The Hall–Kier alpha value is -2.73. The van der Waals surface area contributed by atoms with Crippen molar-refractivity contribution in [2.45, 2.75) is 24.4 Å². The van der Waals surface area contributed by atoms with E-state index in [2.05, 4.69) is 5.32 Å². The van der Waals surface area contributed by atoms with Crippen molar-refractivity contribution in [3.05, 3.63) is 75.3 Å². The second kappa shape index (κ2) is 5.39. The highest BCUT2D eigenvalue weighted by Crippen LogP contribution is 2.51. The number of likely N-dealkylation sites (N-methyl/N-ethyl adjacent to an activating group) is 1. The maximum absolute atomic E-state index is 13.0. The number of carbonyl (C=O) groups excluding carboxylic acids is 1. The average Bonchev–Trinajstić information content (AvgIpc) is 3.05. The molecule has 1 spiro atoms. The number of aryl methyl sites for hydroxylation is 1. The van der Waals surface area contributed by atoms with Crippen molar-refractivity contribution >= 4 is 11.6 Å². The molecule has 4 rings (SSSR count). The van der Waals surface area contributed by atoms with Crippen LogP contribution < -0.4 is 5.32 Å². The van der Waals surface area contributed by atoms with Gasteiger partial charge in [-0.05, 0) is 25.6 Å². The van der Waals surface area contributed by atoms with E-state index in [4.69, 9.17) is 0 Å². The highest BCUT2D eigenvalue weighted by molar-refractivity contribution is 6.06. The fourth-order valence-corrected chi connectivity index (χ4v) is 4.39. The highest BCUT2D eigenvalue weighted by Gasteiger charge is 2.68. The van der Waals surface area contributed by atoms with Gasteiger partial charge in [0.15, 0.2) is 5.54 Å². The fraction of sp³-hybridized carbons (Fsp3) is 0.316. The third kappa shape index (κ3) is 2.04. The topological polar surface area (TPSA) is 75.5 Å². The average molecular weight is 337 g/mol. The smallest absolute Gasteiger partial charge is 0.256 e. The summed E-state index contributed by atoms with van der Waals surface area (Å²) in [6.45, 7) is 2.44. The molecule has 1 N–H and O–H groups in total.